The van der Waals surface area contributed by atoms with Crippen LogP contribution in [0.25, 0.3) is 0 Å². The number of carbonyl (C=O) groups is 1. The number of carboxylic acid groups (broad SMARTS) is 1. The zero-order valence-corrected chi connectivity index (χ0v) is 10.6. The Labute approximate surface area is 116 Å². The Morgan fingerprint density at radius 2 is 2.10 bits per heavy atom. The van der Waals surface area contributed by atoms with E-state index in [1.807, 2.05) is 0 Å². The average Bonchev–Trinajstić information content (AvgIpc) is 2.79. The number of benzene rings is 1. The van der Waals surface area contributed by atoms with Crippen molar-refractivity contribution in [2.24, 2.45) is 0 Å². The zero-order valence-electron chi connectivity index (χ0n) is 9.86. The molecule has 20 heavy (non-hydrogen) atoms. The van der Waals surface area contributed by atoms with E-state index in [1.54, 1.807) is 0 Å². The third-order valence-electron chi connectivity index (χ3n) is 2.59. The lowest BCUT2D eigenvalue weighted by atomic mass is 10.1. The molecule has 0 atom stereocenters. The van der Waals surface area contributed by atoms with Gasteiger partial charge in [0.05, 0.1) is 23.9 Å². The number of hydrogen-bond acceptors (Lipinski definition) is 2. The molecule has 0 radical (unpaired) electrons. The lowest BCUT2D eigenvalue weighted by Gasteiger charge is -2.10. The van der Waals surface area contributed by atoms with E-state index >= 15 is 0 Å². The fraction of sp³-hybridized carbons (Fsp3) is 0.167. The molecular weight excluding hydrogens is 297 g/mol. The van der Waals surface area contributed by atoms with Crippen LogP contribution in [0.1, 0.15) is 21.5 Å². The van der Waals surface area contributed by atoms with Gasteiger partial charge in [-0.3, -0.25) is 4.68 Å². The van der Waals surface area contributed by atoms with Crippen molar-refractivity contribution in [2.75, 3.05) is 0 Å². The topological polar surface area (TPSA) is 55.1 Å². The molecule has 106 valence electrons. The summed E-state index contributed by atoms with van der Waals surface area (Å²) in [5, 5.41) is 12.7. The van der Waals surface area contributed by atoms with Gasteiger partial charge in [0.2, 0.25) is 0 Å². The fourth-order valence-corrected chi connectivity index (χ4v) is 1.78. The van der Waals surface area contributed by atoms with Crippen LogP contribution in [0, 0.1) is 0 Å². The molecule has 0 spiro atoms. The minimum absolute atomic E-state index is 0.0456. The lowest BCUT2D eigenvalue weighted by Crippen LogP contribution is -2.07. The highest BCUT2D eigenvalue weighted by atomic mass is 35.5. The summed E-state index contributed by atoms with van der Waals surface area (Å²) in [6, 6.07) is 2.96. The van der Waals surface area contributed by atoms with Crippen molar-refractivity contribution in [1.82, 2.24) is 9.78 Å². The highest BCUT2D eigenvalue weighted by molar-refractivity contribution is 6.31. The van der Waals surface area contributed by atoms with Crippen LogP contribution in [0.3, 0.4) is 0 Å². The first kappa shape index (κ1) is 14.4. The molecule has 8 heteroatoms. The van der Waals surface area contributed by atoms with Gasteiger partial charge < -0.3 is 5.11 Å². The largest absolute Gasteiger partial charge is 0.478 e. The van der Waals surface area contributed by atoms with Crippen molar-refractivity contribution in [2.45, 2.75) is 12.7 Å². The molecule has 0 bridgehead atoms. The van der Waals surface area contributed by atoms with Gasteiger partial charge in [-0.2, -0.15) is 18.3 Å². The van der Waals surface area contributed by atoms with Gasteiger partial charge in [-0.05, 0) is 23.8 Å². The first-order valence-corrected chi connectivity index (χ1v) is 5.76. The quantitative estimate of drug-likeness (QED) is 0.946. The molecule has 0 saturated heterocycles. The summed E-state index contributed by atoms with van der Waals surface area (Å²) >= 11 is 5.84. The van der Waals surface area contributed by atoms with Gasteiger partial charge in [0.25, 0.3) is 0 Å². The Morgan fingerprint density at radius 3 is 2.65 bits per heavy atom. The summed E-state index contributed by atoms with van der Waals surface area (Å²) in [7, 11) is 0. The number of hydrogen-bond donors (Lipinski definition) is 1. The van der Waals surface area contributed by atoms with Gasteiger partial charge >= 0.3 is 12.1 Å². The maximum atomic E-state index is 12.6. The smallest absolute Gasteiger partial charge is 0.416 e. The number of carboxylic acids is 1. The van der Waals surface area contributed by atoms with Gasteiger partial charge in [-0.1, -0.05) is 11.6 Å². The summed E-state index contributed by atoms with van der Waals surface area (Å²) in [6.45, 7) is -0.0456. The van der Waals surface area contributed by atoms with Crippen LogP contribution < -0.4 is 0 Å². The molecule has 0 amide bonds. The molecule has 2 aromatic rings. The predicted octanol–water partition coefficient (Wildman–Crippen LogP) is 3.30. The number of aromatic carboxylic acids is 1. The Bertz CT molecular complexity index is 652. The van der Waals surface area contributed by atoms with E-state index in [2.05, 4.69) is 5.10 Å². The highest BCUT2D eigenvalue weighted by Crippen LogP contribution is 2.31. The second kappa shape index (κ2) is 5.16. The van der Waals surface area contributed by atoms with E-state index < -0.39 is 17.7 Å². The molecule has 0 aliphatic rings. The van der Waals surface area contributed by atoms with Crippen molar-refractivity contribution in [1.29, 1.82) is 0 Å². The molecular formula is C12H8ClF3N2O2. The fourth-order valence-electron chi connectivity index (χ4n) is 1.61. The second-order valence-corrected chi connectivity index (χ2v) is 4.44. The number of halogens is 4. The maximum Gasteiger partial charge on any atom is 0.416 e. The standard InChI is InChI=1S/C12H8ClF3N2O2/c13-10-2-1-9(12(14,15)16)3-7(10)5-18-6-8(4-17-18)11(19)20/h1-4,6H,5H2,(H,19,20). The molecule has 0 aliphatic heterocycles. The van der Waals surface area contributed by atoms with Gasteiger partial charge in [-0.15, -0.1) is 0 Å². The zero-order chi connectivity index (χ0) is 14.9. The van der Waals surface area contributed by atoms with Crippen molar-refractivity contribution < 1.29 is 23.1 Å². The summed E-state index contributed by atoms with van der Waals surface area (Å²) < 4.78 is 39.0. The van der Waals surface area contributed by atoms with E-state index in [9.17, 15) is 18.0 Å². The summed E-state index contributed by atoms with van der Waals surface area (Å²) in [5.41, 5.74) is -0.655. The highest BCUT2D eigenvalue weighted by Gasteiger charge is 2.30. The first-order valence-electron chi connectivity index (χ1n) is 5.39. The van der Waals surface area contributed by atoms with Crippen molar-refractivity contribution in [3.05, 3.63) is 52.3 Å². The Hall–Kier alpha value is -2.02. The van der Waals surface area contributed by atoms with E-state index in [0.29, 0.717) is 0 Å². The second-order valence-electron chi connectivity index (χ2n) is 4.04. The number of rotatable bonds is 3. The third-order valence-corrected chi connectivity index (χ3v) is 2.95. The molecule has 1 aromatic carbocycles. The molecule has 0 saturated carbocycles. The summed E-state index contributed by atoms with van der Waals surface area (Å²) in [4.78, 5) is 10.7. The van der Waals surface area contributed by atoms with Crippen LogP contribution >= 0.6 is 11.6 Å². The van der Waals surface area contributed by atoms with Gasteiger partial charge in [0.1, 0.15) is 0 Å². The molecule has 0 fully saturated rings. The van der Waals surface area contributed by atoms with Crippen molar-refractivity contribution in [3.63, 3.8) is 0 Å². The number of alkyl halides is 3. The van der Waals surface area contributed by atoms with Gasteiger partial charge in [0, 0.05) is 11.2 Å². The van der Waals surface area contributed by atoms with Crippen molar-refractivity contribution in [3.8, 4) is 0 Å². The molecule has 0 unspecified atom stereocenters. The number of nitrogens with zero attached hydrogens (tertiary/aromatic N) is 2. The van der Waals surface area contributed by atoms with Crippen LogP contribution in [0.15, 0.2) is 30.6 Å². The van der Waals surface area contributed by atoms with Crippen LogP contribution in [0.4, 0.5) is 13.2 Å². The van der Waals surface area contributed by atoms with Gasteiger partial charge in [-0.25, -0.2) is 4.79 Å². The van der Waals surface area contributed by atoms with E-state index in [1.165, 1.54) is 10.9 Å². The first-order chi connectivity index (χ1) is 9.27. The number of aromatic nitrogens is 2. The summed E-state index contributed by atoms with van der Waals surface area (Å²) in [6.07, 6.45) is -2.13. The van der Waals surface area contributed by atoms with Crippen LogP contribution in [-0.2, 0) is 12.7 Å². The Morgan fingerprint density at radius 1 is 1.40 bits per heavy atom. The third kappa shape index (κ3) is 3.11. The van der Waals surface area contributed by atoms with Gasteiger partial charge in [0.15, 0.2) is 0 Å². The molecule has 1 heterocycles. The van der Waals surface area contributed by atoms with Crippen LogP contribution in [0.5, 0.6) is 0 Å². The minimum atomic E-state index is -4.46. The van der Waals surface area contributed by atoms with Crippen molar-refractivity contribution >= 4 is 17.6 Å². The minimum Gasteiger partial charge on any atom is -0.478 e. The monoisotopic (exact) mass is 304 g/mol. The Kier molecular flexibility index (Phi) is 3.71. The lowest BCUT2D eigenvalue weighted by molar-refractivity contribution is -0.137. The Balaban J connectivity index is 2.30. The molecule has 0 aliphatic carbocycles. The maximum absolute atomic E-state index is 12.6. The molecule has 1 N–H and O–H groups in total. The SMILES string of the molecule is O=C(O)c1cnn(Cc2cc(C(F)(F)F)ccc2Cl)c1. The normalized spacial score (nSPS) is 11.6. The van der Waals surface area contributed by atoms with E-state index in [4.69, 9.17) is 16.7 Å². The summed E-state index contributed by atoms with van der Waals surface area (Å²) in [5.74, 6) is -1.16. The molecule has 1 aromatic heterocycles. The average molecular weight is 305 g/mol. The van der Waals surface area contributed by atoms with Crippen LogP contribution in [0.2, 0.25) is 5.02 Å². The molecule has 4 nitrogen and oxygen atoms in total. The predicted molar refractivity (Wildman–Crippen MR) is 64.7 cm³/mol. The van der Waals surface area contributed by atoms with Crippen LogP contribution in [-0.4, -0.2) is 20.9 Å². The molecule has 2 rings (SSSR count). The van der Waals surface area contributed by atoms with E-state index in [-0.39, 0.29) is 22.7 Å². The van der Waals surface area contributed by atoms with E-state index in [0.717, 1.165) is 24.4 Å².